The van der Waals surface area contributed by atoms with E-state index in [1.54, 1.807) is 23.1 Å². The van der Waals surface area contributed by atoms with Crippen LogP contribution in [0.3, 0.4) is 0 Å². The molecule has 0 aliphatic carbocycles. The van der Waals surface area contributed by atoms with E-state index in [-0.39, 0.29) is 19.0 Å². The van der Waals surface area contributed by atoms with E-state index in [9.17, 15) is 14.4 Å². The maximum absolute atomic E-state index is 12.4. The summed E-state index contributed by atoms with van der Waals surface area (Å²) in [7, 11) is 0. The Bertz CT molecular complexity index is 595. The first-order valence-corrected chi connectivity index (χ1v) is 6.85. The smallest absolute Gasteiger partial charge is 0.394 e. The Balaban J connectivity index is 2.03. The Morgan fingerprint density at radius 3 is 2.19 bits per heavy atom. The first-order chi connectivity index (χ1) is 9.90. The minimum absolute atomic E-state index is 0.133. The maximum Gasteiger partial charge on any atom is 0.394 e. The predicted molar refractivity (Wildman–Crippen MR) is 76.3 cm³/mol. The van der Waals surface area contributed by atoms with Crippen LogP contribution in [-0.4, -0.2) is 58.9 Å². The van der Waals surface area contributed by atoms with Gasteiger partial charge in [0, 0.05) is 36.8 Å². The molecule has 0 aromatic heterocycles. The van der Waals surface area contributed by atoms with Gasteiger partial charge in [0.1, 0.15) is 0 Å². The molecule has 0 spiro atoms. The zero-order valence-electron chi connectivity index (χ0n) is 11.5. The summed E-state index contributed by atoms with van der Waals surface area (Å²) in [5, 5.41) is 9.24. The summed E-state index contributed by atoms with van der Waals surface area (Å²) in [6.07, 6.45) is 0. The highest BCUT2D eigenvalue weighted by Crippen LogP contribution is 2.17. The quantitative estimate of drug-likeness (QED) is 0.786. The molecule has 0 radical (unpaired) electrons. The van der Waals surface area contributed by atoms with Crippen molar-refractivity contribution in [2.75, 3.05) is 26.2 Å². The fraction of sp³-hybridized carbons (Fsp3) is 0.357. The van der Waals surface area contributed by atoms with Crippen LogP contribution in [0, 0.1) is 6.92 Å². The van der Waals surface area contributed by atoms with Crippen LogP contribution >= 0.6 is 11.6 Å². The molecule has 2 amide bonds. The normalized spacial score (nSPS) is 15.0. The van der Waals surface area contributed by atoms with Gasteiger partial charge in [0.25, 0.3) is 5.91 Å². The van der Waals surface area contributed by atoms with E-state index in [0.717, 1.165) is 5.56 Å². The Morgan fingerprint density at radius 2 is 1.67 bits per heavy atom. The number of hydrogen-bond acceptors (Lipinski definition) is 3. The topological polar surface area (TPSA) is 77.9 Å². The summed E-state index contributed by atoms with van der Waals surface area (Å²) in [6.45, 7) is 2.90. The third kappa shape index (κ3) is 3.33. The second-order valence-corrected chi connectivity index (χ2v) is 5.29. The molecule has 21 heavy (non-hydrogen) atoms. The van der Waals surface area contributed by atoms with Gasteiger partial charge in [0.2, 0.25) is 0 Å². The number of rotatable bonds is 1. The number of nitrogens with zero attached hydrogens (tertiary/aromatic N) is 2. The van der Waals surface area contributed by atoms with E-state index in [0.29, 0.717) is 23.7 Å². The van der Waals surface area contributed by atoms with E-state index < -0.39 is 11.9 Å². The zero-order valence-corrected chi connectivity index (χ0v) is 12.3. The number of aryl methyl sites for hydroxylation is 1. The highest BCUT2D eigenvalue weighted by atomic mass is 35.5. The van der Waals surface area contributed by atoms with Gasteiger partial charge in [-0.25, -0.2) is 4.79 Å². The lowest BCUT2D eigenvalue weighted by atomic mass is 10.1. The lowest BCUT2D eigenvalue weighted by Gasteiger charge is -2.34. The van der Waals surface area contributed by atoms with Crippen LogP contribution in [0.2, 0.25) is 5.02 Å². The van der Waals surface area contributed by atoms with Crippen LogP contribution in [0.15, 0.2) is 18.2 Å². The van der Waals surface area contributed by atoms with Crippen LogP contribution < -0.4 is 0 Å². The molecule has 112 valence electrons. The number of carboxylic acid groups (broad SMARTS) is 1. The van der Waals surface area contributed by atoms with E-state index in [1.165, 1.54) is 4.90 Å². The second kappa shape index (κ2) is 6.13. The van der Waals surface area contributed by atoms with Crippen LogP contribution in [-0.2, 0) is 9.59 Å². The molecule has 1 heterocycles. The first-order valence-electron chi connectivity index (χ1n) is 6.48. The number of amides is 2. The molecule has 0 saturated carbocycles. The molecule has 1 aliphatic rings. The van der Waals surface area contributed by atoms with Gasteiger partial charge in [-0.1, -0.05) is 11.6 Å². The summed E-state index contributed by atoms with van der Waals surface area (Å²) in [5.74, 6) is -2.53. The molecule has 0 atom stereocenters. The Labute approximate surface area is 126 Å². The van der Waals surface area contributed by atoms with Crippen molar-refractivity contribution < 1.29 is 19.5 Å². The SMILES string of the molecule is Cc1cc(Cl)ccc1C(=O)N1CCN(C(=O)C(=O)O)CC1. The minimum Gasteiger partial charge on any atom is -0.474 e. The summed E-state index contributed by atoms with van der Waals surface area (Å²) in [6, 6.07) is 5.06. The highest BCUT2D eigenvalue weighted by molar-refractivity contribution is 6.31. The number of aliphatic carboxylic acids is 1. The molecule has 0 bridgehead atoms. The number of piperazine rings is 1. The van der Waals surface area contributed by atoms with Crippen LogP contribution in [0.1, 0.15) is 15.9 Å². The van der Waals surface area contributed by atoms with Gasteiger partial charge in [-0.2, -0.15) is 0 Å². The standard InChI is InChI=1S/C14H15ClN2O4/c1-9-8-10(15)2-3-11(9)12(18)16-4-6-17(7-5-16)13(19)14(20)21/h2-3,8H,4-7H2,1H3,(H,20,21). The van der Waals surface area contributed by atoms with Crippen LogP contribution in [0.25, 0.3) is 0 Å². The number of benzene rings is 1. The number of carboxylic acids is 1. The molecule has 2 rings (SSSR count). The van der Waals surface area contributed by atoms with Crippen LogP contribution in [0.5, 0.6) is 0 Å². The van der Waals surface area contributed by atoms with Gasteiger partial charge in [-0.15, -0.1) is 0 Å². The molecule has 1 N–H and O–H groups in total. The third-order valence-electron chi connectivity index (χ3n) is 3.46. The van der Waals surface area contributed by atoms with E-state index in [4.69, 9.17) is 16.7 Å². The van der Waals surface area contributed by atoms with Gasteiger partial charge in [0.05, 0.1) is 0 Å². The molecular weight excluding hydrogens is 296 g/mol. The largest absolute Gasteiger partial charge is 0.474 e. The minimum atomic E-state index is -1.47. The van der Waals surface area contributed by atoms with E-state index >= 15 is 0 Å². The van der Waals surface area contributed by atoms with Crippen molar-refractivity contribution in [1.82, 2.24) is 9.80 Å². The van der Waals surface area contributed by atoms with E-state index in [2.05, 4.69) is 0 Å². The maximum atomic E-state index is 12.4. The van der Waals surface area contributed by atoms with Crippen LogP contribution in [0.4, 0.5) is 0 Å². The molecule has 7 heteroatoms. The zero-order chi connectivity index (χ0) is 15.6. The fourth-order valence-corrected chi connectivity index (χ4v) is 2.51. The lowest BCUT2D eigenvalue weighted by Crippen LogP contribution is -2.52. The molecule has 6 nitrogen and oxygen atoms in total. The molecule has 1 aliphatic heterocycles. The van der Waals surface area contributed by atoms with Crippen molar-refractivity contribution >= 4 is 29.4 Å². The van der Waals surface area contributed by atoms with E-state index in [1.807, 2.05) is 6.92 Å². The van der Waals surface area contributed by atoms with Gasteiger partial charge >= 0.3 is 11.9 Å². The van der Waals surface area contributed by atoms with Gasteiger partial charge in [-0.3, -0.25) is 9.59 Å². The van der Waals surface area contributed by atoms with Crippen molar-refractivity contribution in [3.8, 4) is 0 Å². The number of carbonyl (C=O) groups excluding carboxylic acids is 2. The number of hydrogen-bond donors (Lipinski definition) is 1. The highest BCUT2D eigenvalue weighted by Gasteiger charge is 2.28. The van der Waals surface area contributed by atoms with Crippen molar-refractivity contribution in [2.24, 2.45) is 0 Å². The Kier molecular flexibility index (Phi) is 4.47. The summed E-state index contributed by atoms with van der Waals surface area (Å²) in [5.41, 5.74) is 1.36. The van der Waals surface area contributed by atoms with Crippen molar-refractivity contribution in [3.63, 3.8) is 0 Å². The first kappa shape index (κ1) is 15.3. The molecule has 1 fully saturated rings. The number of carbonyl (C=O) groups is 3. The Hall–Kier alpha value is -2.08. The fourth-order valence-electron chi connectivity index (χ4n) is 2.29. The molecule has 0 unspecified atom stereocenters. The number of halogens is 1. The monoisotopic (exact) mass is 310 g/mol. The summed E-state index contributed by atoms with van der Waals surface area (Å²) >= 11 is 5.87. The average molecular weight is 311 g/mol. The second-order valence-electron chi connectivity index (χ2n) is 4.85. The molecular formula is C14H15ClN2O4. The van der Waals surface area contributed by atoms with Crippen molar-refractivity contribution in [3.05, 3.63) is 34.3 Å². The third-order valence-corrected chi connectivity index (χ3v) is 3.69. The van der Waals surface area contributed by atoms with Crippen molar-refractivity contribution in [1.29, 1.82) is 0 Å². The van der Waals surface area contributed by atoms with Crippen molar-refractivity contribution in [2.45, 2.75) is 6.92 Å². The Morgan fingerprint density at radius 1 is 1.10 bits per heavy atom. The summed E-state index contributed by atoms with van der Waals surface area (Å²) < 4.78 is 0. The molecule has 1 aromatic carbocycles. The lowest BCUT2D eigenvalue weighted by molar-refractivity contribution is -0.156. The van der Waals surface area contributed by atoms with Gasteiger partial charge in [-0.05, 0) is 30.7 Å². The summed E-state index contributed by atoms with van der Waals surface area (Å²) in [4.78, 5) is 37.2. The molecule has 1 saturated heterocycles. The molecule has 1 aromatic rings. The average Bonchev–Trinajstić information content (AvgIpc) is 2.46. The van der Waals surface area contributed by atoms with Gasteiger partial charge in [0.15, 0.2) is 0 Å². The predicted octanol–water partition coefficient (Wildman–Crippen LogP) is 1.02. The van der Waals surface area contributed by atoms with Gasteiger partial charge < -0.3 is 14.9 Å².